The minimum absolute atomic E-state index is 0.694. The molecule has 0 unspecified atom stereocenters. The summed E-state index contributed by atoms with van der Waals surface area (Å²) in [5.41, 5.74) is 1.05. The Bertz CT molecular complexity index is 424. The van der Waals surface area contributed by atoms with Gasteiger partial charge < -0.3 is 4.74 Å². The van der Waals surface area contributed by atoms with E-state index in [1.54, 1.807) is 0 Å². The Hall–Kier alpha value is -0.780. The van der Waals surface area contributed by atoms with Crippen molar-refractivity contribution >= 4 is 33.5 Å². The maximum absolute atomic E-state index is 5.39. The highest BCUT2D eigenvalue weighted by atomic mass is 127. The van der Waals surface area contributed by atoms with Crippen molar-refractivity contribution in [2.45, 2.75) is 6.92 Å². The molecule has 0 aliphatic carbocycles. The number of rotatable bonds is 2. The monoisotopic (exact) mass is 288 g/mol. The molecule has 0 saturated carbocycles. The molecule has 0 atom stereocenters. The number of nitrogens with one attached hydrogen (secondary N) is 1. The number of benzene rings is 1. The average molecular weight is 288 g/mol. The molecule has 0 aliphatic heterocycles. The van der Waals surface area contributed by atoms with Gasteiger partial charge in [-0.05, 0) is 47.7 Å². The number of hydrogen-bond donors (Lipinski definition) is 1. The topological polar surface area (TPSA) is 37.9 Å². The van der Waals surface area contributed by atoms with Crippen molar-refractivity contribution in [1.29, 1.82) is 0 Å². The van der Waals surface area contributed by atoms with E-state index in [0.717, 1.165) is 20.4 Å². The van der Waals surface area contributed by atoms with Crippen LogP contribution in [0, 0.1) is 3.70 Å². The molecule has 0 bridgehead atoms. The predicted octanol–water partition coefficient (Wildman–Crippen LogP) is 2.57. The zero-order valence-electron chi connectivity index (χ0n) is 7.17. The van der Waals surface area contributed by atoms with E-state index in [4.69, 9.17) is 4.74 Å². The van der Waals surface area contributed by atoms with Gasteiger partial charge in [0.1, 0.15) is 9.45 Å². The molecule has 0 fully saturated rings. The molecule has 0 radical (unpaired) electrons. The van der Waals surface area contributed by atoms with Crippen molar-refractivity contribution in [1.82, 2.24) is 10.2 Å². The minimum Gasteiger partial charge on any atom is -0.494 e. The summed E-state index contributed by atoms with van der Waals surface area (Å²) < 4.78 is 6.37. The number of H-pyrrole nitrogens is 1. The summed E-state index contributed by atoms with van der Waals surface area (Å²) in [6, 6.07) is 5.93. The van der Waals surface area contributed by atoms with E-state index < -0.39 is 0 Å². The molecule has 2 aromatic rings. The van der Waals surface area contributed by atoms with E-state index in [9.17, 15) is 0 Å². The molecular weight excluding hydrogens is 279 g/mol. The Morgan fingerprint density at radius 2 is 2.38 bits per heavy atom. The van der Waals surface area contributed by atoms with Crippen LogP contribution in [-0.2, 0) is 0 Å². The molecule has 1 aromatic carbocycles. The maximum atomic E-state index is 5.39. The number of aromatic amines is 1. The third kappa shape index (κ3) is 1.63. The fourth-order valence-corrected chi connectivity index (χ4v) is 1.78. The molecular formula is C9H9IN2O. The standard InChI is InChI=1S/C9H9IN2O/c1-2-13-6-3-4-8-7(5-6)9(10)12-11-8/h3-5H,2H2,1H3,(H,11,12). The highest BCUT2D eigenvalue weighted by molar-refractivity contribution is 14.1. The lowest BCUT2D eigenvalue weighted by Gasteiger charge is -2.01. The minimum atomic E-state index is 0.694. The Kier molecular flexibility index (Phi) is 2.39. The van der Waals surface area contributed by atoms with Gasteiger partial charge in [-0.1, -0.05) is 0 Å². The van der Waals surface area contributed by atoms with E-state index in [1.807, 2.05) is 25.1 Å². The van der Waals surface area contributed by atoms with Crippen molar-refractivity contribution < 1.29 is 4.74 Å². The van der Waals surface area contributed by atoms with E-state index in [0.29, 0.717) is 6.61 Å². The average Bonchev–Trinajstić information content (AvgIpc) is 2.49. The van der Waals surface area contributed by atoms with Gasteiger partial charge >= 0.3 is 0 Å². The third-order valence-corrected chi connectivity index (χ3v) is 2.62. The number of halogens is 1. The van der Waals surface area contributed by atoms with Crippen molar-refractivity contribution in [3.05, 3.63) is 21.9 Å². The van der Waals surface area contributed by atoms with Crippen molar-refractivity contribution in [2.75, 3.05) is 6.61 Å². The van der Waals surface area contributed by atoms with Crippen molar-refractivity contribution in [2.24, 2.45) is 0 Å². The van der Waals surface area contributed by atoms with E-state index >= 15 is 0 Å². The van der Waals surface area contributed by atoms with Crippen LogP contribution in [0.25, 0.3) is 10.9 Å². The second-order valence-electron chi connectivity index (χ2n) is 2.65. The number of hydrogen-bond acceptors (Lipinski definition) is 2. The molecule has 1 N–H and O–H groups in total. The van der Waals surface area contributed by atoms with Gasteiger partial charge in [-0.2, -0.15) is 5.10 Å². The molecule has 1 aromatic heterocycles. The molecule has 4 heteroatoms. The summed E-state index contributed by atoms with van der Waals surface area (Å²) in [7, 11) is 0. The Balaban J connectivity index is 2.53. The van der Waals surface area contributed by atoms with Crippen molar-refractivity contribution in [3.8, 4) is 5.75 Å². The summed E-state index contributed by atoms with van der Waals surface area (Å²) >= 11 is 2.20. The first-order chi connectivity index (χ1) is 6.31. The summed E-state index contributed by atoms with van der Waals surface area (Å²) in [6.07, 6.45) is 0. The third-order valence-electron chi connectivity index (χ3n) is 1.80. The molecule has 3 nitrogen and oxygen atoms in total. The number of fused-ring (bicyclic) bond motifs is 1. The number of nitrogens with zero attached hydrogens (tertiary/aromatic N) is 1. The second-order valence-corrected chi connectivity index (χ2v) is 3.68. The van der Waals surface area contributed by atoms with Crippen LogP contribution in [0.1, 0.15) is 6.92 Å². The van der Waals surface area contributed by atoms with Gasteiger partial charge in [-0.25, -0.2) is 0 Å². The van der Waals surface area contributed by atoms with E-state index in [-0.39, 0.29) is 0 Å². The summed E-state index contributed by atoms with van der Waals surface area (Å²) in [5.74, 6) is 0.898. The Labute approximate surface area is 89.6 Å². The SMILES string of the molecule is CCOc1ccc2[nH]nc(I)c2c1. The molecule has 1 heterocycles. The van der Waals surface area contributed by atoms with Gasteiger partial charge in [0.05, 0.1) is 12.1 Å². The van der Waals surface area contributed by atoms with Crippen LogP contribution in [0.15, 0.2) is 18.2 Å². The lowest BCUT2D eigenvalue weighted by atomic mass is 10.2. The number of aromatic nitrogens is 2. The van der Waals surface area contributed by atoms with Crippen LogP contribution < -0.4 is 4.74 Å². The zero-order valence-corrected chi connectivity index (χ0v) is 9.33. The quantitative estimate of drug-likeness (QED) is 0.862. The predicted molar refractivity (Wildman–Crippen MR) is 60.0 cm³/mol. The Morgan fingerprint density at radius 1 is 1.54 bits per heavy atom. The highest BCUT2D eigenvalue weighted by Gasteiger charge is 2.03. The fraction of sp³-hybridized carbons (Fsp3) is 0.222. The van der Waals surface area contributed by atoms with E-state index in [1.165, 1.54) is 0 Å². The zero-order chi connectivity index (χ0) is 9.26. The van der Waals surface area contributed by atoms with E-state index in [2.05, 4.69) is 32.8 Å². The van der Waals surface area contributed by atoms with Gasteiger partial charge in [0.2, 0.25) is 0 Å². The van der Waals surface area contributed by atoms with Crippen LogP contribution in [0.2, 0.25) is 0 Å². The van der Waals surface area contributed by atoms with Gasteiger partial charge in [-0.3, -0.25) is 5.10 Å². The number of ether oxygens (including phenoxy) is 1. The first kappa shape index (κ1) is 8.80. The lowest BCUT2D eigenvalue weighted by Crippen LogP contribution is -1.90. The van der Waals surface area contributed by atoms with Gasteiger partial charge in [-0.15, -0.1) is 0 Å². The summed E-state index contributed by atoms with van der Waals surface area (Å²) in [4.78, 5) is 0. The lowest BCUT2D eigenvalue weighted by molar-refractivity contribution is 0.340. The summed E-state index contributed by atoms with van der Waals surface area (Å²) in [5, 5.41) is 8.16. The van der Waals surface area contributed by atoms with Crippen LogP contribution >= 0.6 is 22.6 Å². The van der Waals surface area contributed by atoms with Gasteiger partial charge in [0.25, 0.3) is 0 Å². The van der Waals surface area contributed by atoms with Crippen molar-refractivity contribution in [3.63, 3.8) is 0 Å². The Morgan fingerprint density at radius 3 is 3.15 bits per heavy atom. The summed E-state index contributed by atoms with van der Waals surface area (Å²) in [6.45, 7) is 2.67. The molecule has 13 heavy (non-hydrogen) atoms. The molecule has 0 aliphatic rings. The van der Waals surface area contributed by atoms with Crippen LogP contribution in [0.5, 0.6) is 5.75 Å². The fourth-order valence-electron chi connectivity index (χ4n) is 1.22. The van der Waals surface area contributed by atoms with Crippen LogP contribution in [0.3, 0.4) is 0 Å². The largest absolute Gasteiger partial charge is 0.494 e. The normalized spacial score (nSPS) is 10.6. The maximum Gasteiger partial charge on any atom is 0.131 e. The molecule has 0 spiro atoms. The van der Waals surface area contributed by atoms with Gasteiger partial charge in [0, 0.05) is 5.39 Å². The molecule has 0 amide bonds. The van der Waals surface area contributed by atoms with Crippen LogP contribution in [-0.4, -0.2) is 16.8 Å². The second kappa shape index (κ2) is 3.53. The smallest absolute Gasteiger partial charge is 0.131 e. The van der Waals surface area contributed by atoms with Crippen LogP contribution in [0.4, 0.5) is 0 Å². The molecule has 0 saturated heterocycles. The molecule has 68 valence electrons. The highest BCUT2D eigenvalue weighted by Crippen LogP contribution is 2.22. The first-order valence-electron chi connectivity index (χ1n) is 4.07. The molecule has 2 rings (SSSR count). The van der Waals surface area contributed by atoms with Gasteiger partial charge in [0.15, 0.2) is 0 Å². The first-order valence-corrected chi connectivity index (χ1v) is 5.15.